The van der Waals surface area contributed by atoms with Gasteiger partial charge in [-0.3, -0.25) is 4.68 Å². The van der Waals surface area contributed by atoms with E-state index in [-0.39, 0.29) is 0 Å². The molecule has 1 aromatic heterocycles. The van der Waals surface area contributed by atoms with E-state index in [0.29, 0.717) is 6.10 Å². The van der Waals surface area contributed by atoms with Crippen LogP contribution in [0.1, 0.15) is 31.9 Å². The lowest BCUT2D eigenvalue weighted by Crippen LogP contribution is -2.08. The summed E-state index contributed by atoms with van der Waals surface area (Å²) in [5, 5.41) is 5.56. The van der Waals surface area contributed by atoms with Crippen molar-refractivity contribution >= 4 is 17.4 Å². The van der Waals surface area contributed by atoms with Crippen LogP contribution in [0.3, 0.4) is 0 Å². The monoisotopic (exact) mass is 255 g/mol. The van der Waals surface area contributed by atoms with Gasteiger partial charge in [-0.25, -0.2) is 0 Å². The van der Waals surface area contributed by atoms with E-state index in [1.165, 1.54) is 12.8 Å². The molecule has 0 saturated carbocycles. The van der Waals surface area contributed by atoms with Crippen LogP contribution in [0, 0.1) is 0 Å². The Bertz CT molecular complexity index is 372. The first-order valence-corrected chi connectivity index (χ1v) is 7.26. The van der Waals surface area contributed by atoms with Gasteiger partial charge in [0.1, 0.15) is 5.03 Å². The first-order chi connectivity index (χ1) is 8.22. The van der Waals surface area contributed by atoms with E-state index in [0.717, 1.165) is 41.6 Å². The van der Waals surface area contributed by atoms with Crippen LogP contribution < -0.4 is 5.73 Å². The number of nitrogen functional groups attached to an aromatic ring is 1. The number of aryl methyl sites for hydroxylation is 2. The quantitative estimate of drug-likeness (QED) is 0.820. The third-order valence-electron chi connectivity index (χ3n) is 3.02. The van der Waals surface area contributed by atoms with Gasteiger partial charge in [-0.1, -0.05) is 13.3 Å². The summed E-state index contributed by atoms with van der Waals surface area (Å²) in [6, 6.07) is 0. The Labute approximate surface area is 107 Å². The molecule has 1 aliphatic rings. The van der Waals surface area contributed by atoms with Gasteiger partial charge in [0, 0.05) is 19.4 Å². The van der Waals surface area contributed by atoms with Gasteiger partial charge in [0.15, 0.2) is 0 Å². The molecule has 1 atom stereocenters. The number of anilines is 1. The Morgan fingerprint density at radius 3 is 3.06 bits per heavy atom. The highest BCUT2D eigenvalue weighted by Crippen LogP contribution is 2.30. The van der Waals surface area contributed by atoms with Gasteiger partial charge in [0.05, 0.1) is 17.5 Å². The van der Waals surface area contributed by atoms with Gasteiger partial charge in [0.2, 0.25) is 0 Å². The van der Waals surface area contributed by atoms with Crippen LogP contribution in [0.4, 0.5) is 5.69 Å². The maximum Gasteiger partial charge on any atom is 0.117 e. The Hall–Kier alpha value is -0.680. The van der Waals surface area contributed by atoms with Crippen molar-refractivity contribution in [2.45, 2.75) is 43.7 Å². The maximum absolute atomic E-state index is 6.13. The number of hydrogen-bond donors (Lipinski definition) is 1. The zero-order chi connectivity index (χ0) is 12.3. The Balaban J connectivity index is 1.99. The number of rotatable bonds is 5. The molecule has 4 nitrogen and oxygen atoms in total. The average Bonchev–Trinajstić information content (AvgIpc) is 2.88. The highest BCUT2D eigenvalue weighted by atomic mass is 32.2. The van der Waals surface area contributed by atoms with Crippen molar-refractivity contribution in [3.05, 3.63) is 5.69 Å². The number of aromatic nitrogens is 2. The summed E-state index contributed by atoms with van der Waals surface area (Å²) in [6.07, 6.45) is 4.79. The first kappa shape index (κ1) is 12.8. The second-order valence-corrected chi connectivity index (χ2v) is 5.49. The summed E-state index contributed by atoms with van der Waals surface area (Å²) in [4.78, 5) is 0. The van der Waals surface area contributed by atoms with Crippen molar-refractivity contribution < 1.29 is 4.74 Å². The minimum Gasteiger partial charge on any atom is -0.395 e. The second-order valence-electron chi connectivity index (χ2n) is 4.49. The van der Waals surface area contributed by atoms with Crippen molar-refractivity contribution in [1.82, 2.24) is 9.78 Å². The van der Waals surface area contributed by atoms with E-state index >= 15 is 0 Å². The Morgan fingerprint density at radius 1 is 1.59 bits per heavy atom. The van der Waals surface area contributed by atoms with Gasteiger partial charge in [-0.05, 0) is 19.3 Å². The predicted octanol–water partition coefficient (Wildman–Crippen LogP) is 2.23. The van der Waals surface area contributed by atoms with E-state index < -0.39 is 0 Å². The summed E-state index contributed by atoms with van der Waals surface area (Å²) >= 11 is 1.77. The molecular weight excluding hydrogens is 234 g/mol. The molecule has 1 saturated heterocycles. The lowest BCUT2D eigenvalue weighted by atomic mass is 10.2. The van der Waals surface area contributed by atoms with Crippen LogP contribution in [0.15, 0.2) is 5.03 Å². The molecule has 2 rings (SSSR count). The summed E-state index contributed by atoms with van der Waals surface area (Å²) in [7, 11) is 1.97. The Kier molecular flexibility index (Phi) is 4.34. The van der Waals surface area contributed by atoms with Gasteiger partial charge in [-0.2, -0.15) is 5.10 Å². The molecule has 0 radical (unpaired) electrons. The third-order valence-corrected chi connectivity index (χ3v) is 4.32. The molecule has 0 aliphatic carbocycles. The molecule has 0 bridgehead atoms. The molecule has 1 unspecified atom stereocenters. The van der Waals surface area contributed by atoms with Crippen LogP contribution in [0.25, 0.3) is 0 Å². The molecule has 1 aromatic rings. The lowest BCUT2D eigenvalue weighted by Gasteiger charge is -2.09. The van der Waals surface area contributed by atoms with E-state index in [1.807, 2.05) is 11.7 Å². The van der Waals surface area contributed by atoms with Crippen LogP contribution in [0.5, 0.6) is 0 Å². The Morgan fingerprint density at radius 2 is 2.41 bits per heavy atom. The normalized spacial score (nSPS) is 20.0. The van der Waals surface area contributed by atoms with Gasteiger partial charge in [0.25, 0.3) is 0 Å². The summed E-state index contributed by atoms with van der Waals surface area (Å²) < 4.78 is 7.52. The summed E-state index contributed by atoms with van der Waals surface area (Å²) in [5.41, 5.74) is 8.02. The van der Waals surface area contributed by atoms with Gasteiger partial charge in [-0.15, -0.1) is 11.8 Å². The van der Waals surface area contributed by atoms with E-state index in [2.05, 4.69) is 12.0 Å². The minimum atomic E-state index is 0.393. The standard InChI is InChI=1S/C12H21N3OS/c1-3-5-10-11(13)12(15(2)14-10)17-8-9-6-4-7-16-9/h9H,3-8,13H2,1-2H3. The molecule has 96 valence electrons. The van der Waals surface area contributed by atoms with Crippen molar-refractivity contribution in [2.24, 2.45) is 7.05 Å². The fraction of sp³-hybridized carbons (Fsp3) is 0.750. The van der Waals surface area contributed by atoms with Crippen LogP contribution >= 0.6 is 11.8 Å². The average molecular weight is 255 g/mol. The fourth-order valence-corrected chi connectivity index (χ4v) is 3.23. The topological polar surface area (TPSA) is 53.1 Å². The molecule has 2 heterocycles. The third kappa shape index (κ3) is 2.96. The fourth-order valence-electron chi connectivity index (χ4n) is 2.12. The zero-order valence-electron chi connectivity index (χ0n) is 10.6. The summed E-state index contributed by atoms with van der Waals surface area (Å²) in [6.45, 7) is 3.06. The van der Waals surface area contributed by atoms with Gasteiger partial charge < -0.3 is 10.5 Å². The number of thioether (sulfide) groups is 1. The SMILES string of the molecule is CCCc1nn(C)c(SCC2CCCO2)c1N. The molecule has 17 heavy (non-hydrogen) atoms. The van der Waals surface area contributed by atoms with Crippen LogP contribution in [-0.2, 0) is 18.2 Å². The number of nitrogens with two attached hydrogens (primary N) is 1. The molecular formula is C12H21N3OS. The predicted molar refractivity (Wildman–Crippen MR) is 71.3 cm³/mol. The van der Waals surface area contributed by atoms with E-state index in [9.17, 15) is 0 Å². The van der Waals surface area contributed by atoms with Crippen molar-refractivity contribution in [3.63, 3.8) is 0 Å². The zero-order valence-corrected chi connectivity index (χ0v) is 11.4. The molecule has 0 aromatic carbocycles. The molecule has 5 heteroatoms. The lowest BCUT2D eigenvalue weighted by molar-refractivity contribution is 0.129. The minimum absolute atomic E-state index is 0.393. The van der Waals surface area contributed by atoms with Gasteiger partial charge >= 0.3 is 0 Å². The molecule has 2 N–H and O–H groups in total. The van der Waals surface area contributed by atoms with Crippen molar-refractivity contribution in [1.29, 1.82) is 0 Å². The number of hydrogen-bond acceptors (Lipinski definition) is 4. The smallest absolute Gasteiger partial charge is 0.117 e. The number of ether oxygens (including phenoxy) is 1. The largest absolute Gasteiger partial charge is 0.395 e. The highest BCUT2D eigenvalue weighted by molar-refractivity contribution is 7.99. The van der Waals surface area contributed by atoms with Crippen molar-refractivity contribution in [2.75, 3.05) is 18.1 Å². The van der Waals surface area contributed by atoms with E-state index in [4.69, 9.17) is 10.5 Å². The molecule has 0 amide bonds. The highest BCUT2D eigenvalue weighted by Gasteiger charge is 2.19. The molecule has 0 spiro atoms. The molecule has 1 fully saturated rings. The summed E-state index contributed by atoms with van der Waals surface area (Å²) in [5.74, 6) is 0.981. The first-order valence-electron chi connectivity index (χ1n) is 6.28. The van der Waals surface area contributed by atoms with Crippen LogP contribution in [-0.4, -0.2) is 28.2 Å². The molecule has 1 aliphatic heterocycles. The maximum atomic E-state index is 6.13. The second kappa shape index (κ2) is 5.78. The number of nitrogens with zero attached hydrogens (tertiary/aromatic N) is 2. The van der Waals surface area contributed by atoms with E-state index in [1.54, 1.807) is 11.8 Å². The van der Waals surface area contributed by atoms with Crippen molar-refractivity contribution in [3.8, 4) is 0 Å². The van der Waals surface area contributed by atoms with Crippen LogP contribution in [0.2, 0.25) is 0 Å².